The molecule has 0 N–H and O–H groups in total. The molecular weight excluding hydrogens is 384 g/mol. The smallest absolute Gasteiger partial charge is 0.119 e. The number of rotatable bonds is 5. The van der Waals surface area contributed by atoms with Crippen molar-refractivity contribution in [3.05, 3.63) is 101 Å². The lowest BCUT2D eigenvalue weighted by Crippen LogP contribution is -2.55. The minimum atomic E-state index is -2.25. The number of hydrogen-bond donors (Lipinski definition) is 0. The zero-order chi connectivity index (χ0) is 20.7. The molecule has 0 spiro atoms. The second-order valence-corrected chi connectivity index (χ2v) is 12.6. The maximum absolute atomic E-state index is 5.92. The van der Waals surface area contributed by atoms with Crippen LogP contribution in [0.5, 0.6) is 11.5 Å². The van der Waals surface area contributed by atoms with E-state index in [1.807, 2.05) is 6.07 Å². The van der Waals surface area contributed by atoms with E-state index in [1.165, 1.54) is 27.4 Å². The van der Waals surface area contributed by atoms with Crippen molar-refractivity contribution in [2.24, 2.45) is 0 Å². The highest BCUT2D eigenvalue weighted by atomic mass is 28.3. The molecule has 150 valence electrons. The molecule has 5 rings (SSSR count). The molecule has 0 heterocycles. The number of hydrogen-bond acceptors (Lipinski definition) is 2. The van der Waals surface area contributed by atoms with E-state index in [1.54, 1.807) is 14.2 Å². The predicted octanol–water partition coefficient (Wildman–Crippen LogP) is 5.69. The molecule has 0 bridgehead atoms. The third kappa shape index (κ3) is 2.77. The van der Waals surface area contributed by atoms with Crippen LogP contribution in [0.25, 0.3) is 12.2 Å². The quantitative estimate of drug-likeness (QED) is 0.503. The molecular formula is C27H26O2Si. The molecule has 2 atom stereocenters. The largest absolute Gasteiger partial charge is 0.497 e. The van der Waals surface area contributed by atoms with Crippen LogP contribution in [-0.2, 0) is 0 Å². The molecule has 2 aliphatic rings. The zero-order valence-corrected chi connectivity index (χ0v) is 18.6. The molecule has 3 aromatic rings. The van der Waals surface area contributed by atoms with Crippen molar-refractivity contribution in [3.63, 3.8) is 0 Å². The van der Waals surface area contributed by atoms with Gasteiger partial charge in [-0.05, 0) is 45.6 Å². The van der Waals surface area contributed by atoms with Gasteiger partial charge in [0, 0.05) is 11.1 Å². The molecule has 2 unspecified atom stereocenters. The molecule has 3 aromatic carbocycles. The van der Waals surface area contributed by atoms with E-state index < -0.39 is 8.07 Å². The highest BCUT2D eigenvalue weighted by Crippen LogP contribution is 2.48. The summed E-state index contributed by atoms with van der Waals surface area (Å²) in [7, 11) is 1.26. The fraction of sp³-hybridized carbons (Fsp3) is 0.185. The molecule has 0 radical (unpaired) electrons. The Morgan fingerprint density at radius 2 is 1.27 bits per heavy atom. The first kappa shape index (κ1) is 19.0. The summed E-state index contributed by atoms with van der Waals surface area (Å²) < 4.78 is 11.6. The topological polar surface area (TPSA) is 18.5 Å². The van der Waals surface area contributed by atoms with Gasteiger partial charge in [0.05, 0.1) is 14.2 Å². The van der Waals surface area contributed by atoms with Crippen LogP contribution in [0, 0.1) is 0 Å². The van der Waals surface area contributed by atoms with Gasteiger partial charge in [-0.3, -0.25) is 0 Å². The average Bonchev–Trinajstić information content (AvgIpc) is 3.43. The van der Waals surface area contributed by atoms with E-state index in [0.29, 0.717) is 11.1 Å². The third-order valence-electron chi connectivity index (χ3n) is 6.88. The van der Waals surface area contributed by atoms with E-state index >= 15 is 0 Å². The van der Waals surface area contributed by atoms with Gasteiger partial charge in [-0.25, -0.2) is 0 Å². The summed E-state index contributed by atoms with van der Waals surface area (Å²) >= 11 is 0. The lowest BCUT2D eigenvalue weighted by Gasteiger charge is -2.40. The molecule has 0 aromatic heterocycles. The number of allylic oxidation sites excluding steroid dienone is 2. The lowest BCUT2D eigenvalue weighted by atomic mass is 10.1. The summed E-state index contributed by atoms with van der Waals surface area (Å²) in [6.07, 6.45) is 9.43. The van der Waals surface area contributed by atoms with E-state index in [-0.39, 0.29) is 0 Å². The van der Waals surface area contributed by atoms with Gasteiger partial charge in [-0.1, -0.05) is 79.4 Å². The molecule has 2 aliphatic carbocycles. The Hall–Kier alpha value is -3.04. The molecule has 0 amide bonds. The Morgan fingerprint density at radius 1 is 0.700 bits per heavy atom. The van der Waals surface area contributed by atoms with Gasteiger partial charge in [0.15, 0.2) is 0 Å². The van der Waals surface area contributed by atoms with Crippen LogP contribution in [0.2, 0.25) is 6.55 Å². The van der Waals surface area contributed by atoms with Gasteiger partial charge in [-0.15, -0.1) is 0 Å². The zero-order valence-electron chi connectivity index (χ0n) is 17.6. The summed E-state index contributed by atoms with van der Waals surface area (Å²) in [5.74, 6) is 1.84. The molecule has 0 saturated carbocycles. The van der Waals surface area contributed by atoms with E-state index in [9.17, 15) is 0 Å². The van der Waals surface area contributed by atoms with Gasteiger partial charge >= 0.3 is 0 Å². The molecule has 0 saturated heterocycles. The van der Waals surface area contributed by atoms with E-state index in [0.717, 1.165) is 11.5 Å². The fourth-order valence-corrected chi connectivity index (χ4v) is 10.3. The predicted molar refractivity (Wildman–Crippen MR) is 127 cm³/mol. The Balaban J connectivity index is 1.77. The number of fused-ring (bicyclic) bond motifs is 2. The van der Waals surface area contributed by atoms with Crippen LogP contribution in [0.4, 0.5) is 0 Å². The molecule has 2 nitrogen and oxygen atoms in total. The second kappa shape index (κ2) is 7.33. The molecule has 3 heteroatoms. The minimum absolute atomic E-state index is 0.357. The lowest BCUT2D eigenvalue weighted by molar-refractivity contribution is 0.405. The highest BCUT2D eigenvalue weighted by Gasteiger charge is 2.49. The molecule has 30 heavy (non-hydrogen) atoms. The highest BCUT2D eigenvalue weighted by molar-refractivity contribution is 6.94. The third-order valence-corrected chi connectivity index (χ3v) is 12.0. The van der Waals surface area contributed by atoms with Crippen molar-refractivity contribution in [2.75, 3.05) is 14.2 Å². The summed E-state index contributed by atoms with van der Waals surface area (Å²) in [4.78, 5) is 0. The van der Waals surface area contributed by atoms with Gasteiger partial charge in [0.1, 0.15) is 19.6 Å². The summed E-state index contributed by atoms with van der Waals surface area (Å²) in [5.41, 5.74) is 6.23. The molecule has 0 aliphatic heterocycles. The standard InChI is InChI=1S/C27H26O2Si/c1-28-21-14-15-24(29-2)27(18-21)30(3,25-16-12-19-8-4-6-10-22(19)25)26-17-13-20-9-5-7-11-23(20)26/h4-18,25-26H,1-3H3. The Bertz CT molecular complexity index is 1100. The van der Waals surface area contributed by atoms with Crippen LogP contribution in [0.3, 0.4) is 0 Å². The van der Waals surface area contributed by atoms with Crippen LogP contribution < -0.4 is 14.7 Å². The summed E-state index contributed by atoms with van der Waals surface area (Å²) in [6, 6.07) is 23.9. The maximum Gasteiger partial charge on any atom is 0.119 e. The van der Waals surface area contributed by atoms with E-state index in [4.69, 9.17) is 9.47 Å². The maximum atomic E-state index is 5.92. The van der Waals surface area contributed by atoms with Crippen LogP contribution in [0.1, 0.15) is 33.3 Å². The minimum Gasteiger partial charge on any atom is -0.497 e. The van der Waals surface area contributed by atoms with Crippen molar-refractivity contribution in [2.45, 2.75) is 17.6 Å². The van der Waals surface area contributed by atoms with Crippen molar-refractivity contribution in [3.8, 4) is 11.5 Å². The van der Waals surface area contributed by atoms with E-state index in [2.05, 4.69) is 91.5 Å². The Labute approximate surface area is 179 Å². The first-order valence-electron chi connectivity index (χ1n) is 10.4. The van der Waals surface area contributed by atoms with Crippen molar-refractivity contribution < 1.29 is 9.47 Å². The summed E-state index contributed by atoms with van der Waals surface area (Å²) in [6.45, 7) is 2.51. The van der Waals surface area contributed by atoms with Crippen molar-refractivity contribution in [1.29, 1.82) is 0 Å². The first-order chi connectivity index (χ1) is 14.7. The SMILES string of the molecule is COc1ccc(OC)c([Si](C)(C2C=Cc3ccccc32)C2C=Cc3ccccc32)c1. The van der Waals surface area contributed by atoms with Gasteiger partial charge in [0.25, 0.3) is 0 Å². The van der Waals surface area contributed by atoms with Crippen molar-refractivity contribution in [1.82, 2.24) is 0 Å². The summed E-state index contributed by atoms with van der Waals surface area (Å²) in [5, 5.41) is 1.31. The van der Waals surface area contributed by atoms with Crippen LogP contribution in [-0.4, -0.2) is 22.3 Å². The number of ether oxygens (including phenoxy) is 2. The normalized spacial score (nSPS) is 20.5. The van der Waals surface area contributed by atoms with Gasteiger partial charge < -0.3 is 9.47 Å². The number of benzene rings is 3. The monoisotopic (exact) mass is 410 g/mol. The Kier molecular flexibility index (Phi) is 4.63. The number of methoxy groups -OCH3 is 2. The fourth-order valence-electron chi connectivity index (χ4n) is 5.31. The first-order valence-corrected chi connectivity index (χ1v) is 13.1. The van der Waals surface area contributed by atoms with Crippen LogP contribution in [0.15, 0.2) is 78.9 Å². The average molecular weight is 411 g/mol. The van der Waals surface area contributed by atoms with Crippen LogP contribution >= 0.6 is 0 Å². The second-order valence-electron chi connectivity index (χ2n) is 8.28. The Morgan fingerprint density at radius 3 is 1.80 bits per heavy atom. The van der Waals surface area contributed by atoms with Gasteiger partial charge in [-0.2, -0.15) is 0 Å². The van der Waals surface area contributed by atoms with Crippen molar-refractivity contribution >= 4 is 25.4 Å². The molecule has 0 fully saturated rings. The van der Waals surface area contributed by atoms with Gasteiger partial charge in [0.2, 0.25) is 0 Å².